The molecular formula is C39H30N4. The van der Waals surface area contributed by atoms with Crippen LogP contribution in [0.4, 0.5) is 0 Å². The van der Waals surface area contributed by atoms with E-state index in [1.54, 1.807) is 0 Å². The van der Waals surface area contributed by atoms with Crippen molar-refractivity contribution in [2.24, 2.45) is 4.99 Å². The van der Waals surface area contributed by atoms with E-state index in [2.05, 4.69) is 107 Å². The Morgan fingerprint density at radius 2 is 0.860 bits per heavy atom. The van der Waals surface area contributed by atoms with E-state index in [1.807, 2.05) is 61.6 Å². The first-order valence-electron chi connectivity index (χ1n) is 14.6. The van der Waals surface area contributed by atoms with Crippen molar-refractivity contribution in [2.45, 2.75) is 19.4 Å². The maximum atomic E-state index is 4.70. The molecular weight excluding hydrogens is 524 g/mol. The molecule has 0 aliphatic carbocycles. The third kappa shape index (κ3) is 5.81. The van der Waals surface area contributed by atoms with Gasteiger partial charge in [-0.3, -0.25) is 19.9 Å². The molecule has 4 heterocycles. The summed E-state index contributed by atoms with van der Waals surface area (Å²) in [7, 11) is 0. The van der Waals surface area contributed by atoms with Crippen molar-refractivity contribution < 1.29 is 0 Å². The Hall–Kier alpha value is -5.48. The number of pyridine rings is 3. The number of rotatable bonds is 6. The number of hydrogen-bond acceptors (Lipinski definition) is 4. The van der Waals surface area contributed by atoms with Crippen LogP contribution in [0.3, 0.4) is 0 Å². The van der Waals surface area contributed by atoms with Gasteiger partial charge >= 0.3 is 0 Å². The van der Waals surface area contributed by atoms with E-state index in [1.165, 1.54) is 0 Å². The van der Waals surface area contributed by atoms with Crippen molar-refractivity contribution >= 4 is 11.8 Å². The molecule has 1 aliphatic heterocycles. The molecule has 0 amide bonds. The van der Waals surface area contributed by atoms with Crippen molar-refractivity contribution in [3.63, 3.8) is 0 Å². The summed E-state index contributed by atoms with van der Waals surface area (Å²) < 4.78 is 0. The van der Waals surface area contributed by atoms with E-state index in [0.717, 1.165) is 73.2 Å². The normalized spacial score (nSPS) is 14.3. The Morgan fingerprint density at radius 3 is 1.26 bits per heavy atom. The van der Waals surface area contributed by atoms with Crippen LogP contribution in [0.1, 0.15) is 18.9 Å². The summed E-state index contributed by atoms with van der Waals surface area (Å²) in [6.45, 7) is 2.15. The van der Waals surface area contributed by atoms with Crippen LogP contribution in [0, 0.1) is 0 Å². The van der Waals surface area contributed by atoms with Gasteiger partial charge < -0.3 is 0 Å². The first-order valence-corrected chi connectivity index (χ1v) is 14.6. The molecule has 6 aromatic rings. The first-order chi connectivity index (χ1) is 21.2. The number of aromatic nitrogens is 3. The minimum Gasteiger partial charge on any atom is -0.289 e. The fourth-order valence-electron chi connectivity index (χ4n) is 5.55. The maximum Gasteiger partial charge on any atom is 0.0506 e. The average molecular weight is 555 g/mol. The molecule has 4 nitrogen and oxygen atoms in total. The molecule has 0 bridgehead atoms. The van der Waals surface area contributed by atoms with Gasteiger partial charge in [-0.1, -0.05) is 42.5 Å². The topological polar surface area (TPSA) is 51.0 Å². The molecule has 206 valence electrons. The predicted octanol–water partition coefficient (Wildman–Crippen LogP) is 9.45. The van der Waals surface area contributed by atoms with E-state index in [4.69, 9.17) is 4.99 Å². The van der Waals surface area contributed by atoms with Gasteiger partial charge in [-0.25, -0.2) is 0 Å². The van der Waals surface area contributed by atoms with Crippen LogP contribution in [-0.2, 0) is 0 Å². The third-order valence-electron chi connectivity index (χ3n) is 7.86. The second-order valence-electron chi connectivity index (χ2n) is 10.9. The van der Waals surface area contributed by atoms with Crippen LogP contribution in [0.25, 0.3) is 61.2 Å². The maximum absolute atomic E-state index is 4.70. The zero-order chi connectivity index (χ0) is 29.0. The van der Waals surface area contributed by atoms with Crippen LogP contribution >= 0.6 is 0 Å². The molecule has 3 aromatic carbocycles. The Balaban J connectivity index is 1.35. The van der Waals surface area contributed by atoms with Crippen molar-refractivity contribution in [1.82, 2.24) is 15.0 Å². The van der Waals surface area contributed by atoms with Gasteiger partial charge in [0.1, 0.15) is 0 Å². The van der Waals surface area contributed by atoms with Gasteiger partial charge in [0.15, 0.2) is 0 Å². The summed E-state index contributed by atoms with van der Waals surface area (Å²) in [5, 5.41) is 0. The molecule has 3 aromatic heterocycles. The third-order valence-corrected chi connectivity index (χ3v) is 7.86. The first kappa shape index (κ1) is 26.4. The van der Waals surface area contributed by atoms with Crippen molar-refractivity contribution in [3.05, 3.63) is 146 Å². The molecule has 0 saturated heterocycles. The predicted molar refractivity (Wildman–Crippen MR) is 178 cm³/mol. The molecule has 0 saturated carbocycles. The number of allylic oxidation sites excluding steroid dienone is 1. The van der Waals surface area contributed by atoms with E-state index >= 15 is 0 Å². The molecule has 1 unspecified atom stereocenters. The Kier molecular flexibility index (Phi) is 7.24. The Morgan fingerprint density at radius 1 is 0.465 bits per heavy atom. The van der Waals surface area contributed by atoms with Gasteiger partial charge in [-0.2, -0.15) is 0 Å². The van der Waals surface area contributed by atoms with E-state index in [9.17, 15) is 0 Å². The van der Waals surface area contributed by atoms with Crippen LogP contribution < -0.4 is 0 Å². The highest BCUT2D eigenvalue weighted by molar-refractivity contribution is 6.11. The van der Waals surface area contributed by atoms with Crippen molar-refractivity contribution in [1.29, 1.82) is 0 Å². The van der Waals surface area contributed by atoms with Gasteiger partial charge in [0, 0.05) is 60.1 Å². The summed E-state index contributed by atoms with van der Waals surface area (Å²) in [6, 6.07) is 34.9. The van der Waals surface area contributed by atoms with Gasteiger partial charge in [-0.05, 0) is 124 Å². The number of aliphatic imine (C=N–C) groups is 1. The van der Waals surface area contributed by atoms with E-state index in [0.29, 0.717) is 6.04 Å². The zero-order valence-corrected chi connectivity index (χ0v) is 23.9. The number of nitrogens with zero attached hydrogens (tertiary/aromatic N) is 4. The van der Waals surface area contributed by atoms with Gasteiger partial charge in [-0.15, -0.1) is 0 Å². The van der Waals surface area contributed by atoms with E-state index in [-0.39, 0.29) is 0 Å². The van der Waals surface area contributed by atoms with Crippen molar-refractivity contribution in [2.75, 3.05) is 0 Å². The lowest BCUT2D eigenvalue weighted by Crippen LogP contribution is -2.03. The fourth-order valence-corrected chi connectivity index (χ4v) is 5.55. The highest BCUT2D eigenvalue weighted by Crippen LogP contribution is 2.36. The van der Waals surface area contributed by atoms with Crippen molar-refractivity contribution in [3.8, 4) is 55.6 Å². The number of hydrogen-bond donors (Lipinski definition) is 0. The summed E-state index contributed by atoms with van der Waals surface area (Å²) in [5.41, 5.74) is 13.5. The van der Waals surface area contributed by atoms with Crippen LogP contribution in [0.2, 0.25) is 0 Å². The summed E-state index contributed by atoms with van der Waals surface area (Å²) in [4.78, 5) is 17.8. The standard InChI is InChI=1S/C39H30N4/c1-27-11-12-33(26-43-27)39-20-35(19-38(22-39)32-10-5-15-42-25-32)29-7-2-6-28(16-29)34-17-36(30-8-3-13-40-23-30)21-37(18-34)31-9-4-14-41-24-31/h2-10,12-27H,11H2,1H3. The van der Waals surface area contributed by atoms with Gasteiger partial charge in [0.2, 0.25) is 0 Å². The second kappa shape index (κ2) is 11.8. The number of dihydropyridines is 1. The van der Waals surface area contributed by atoms with E-state index < -0.39 is 0 Å². The lowest BCUT2D eigenvalue weighted by molar-refractivity contribution is 0.759. The lowest BCUT2D eigenvalue weighted by Gasteiger charge is -2.16. The largest absolute Gasteiger partial charge is 0.289 e. The van der Waals surface area contributed by atoms with Gasteiger partial charge in [0.05, 0.1) is 6.04 Å². The molecule has 0 N–H and O–H groups in total. The Labute approximate surface area is 252 Å². The molecule has 4 heteroatoms. The molecule has 0 spiro atoms. The lowest BCUT2D eigenvalue weighted by atomic mass is 9.90. The second-order valence-corrected chi connectivity index (χ2v) is 10.9. The average Bonchev–Trinajstić information content (AvgIpc) is 3.09. The zero-order valence-electron chi connectivity index (χ0n) is 23.9. The smallest absolute Gasteiger partial charge is 0.0506 e. The molecule has 1 aliphatic rings. The fraction of sp³-hybridized carbons (Fsp3) is 0.0769. The number of benzene rings is 3. The minimum atomic E-state index is 0.320. The minimum absolute atomic E-state index is 0.320. The SMILES string of the molecule is CC1CC=C(c2cc(-c3cccnc3)cc(-c3cccc(-c4cc(-c5cccnc5)cc(-c5cccnc5)c4)c3)c2)C=N1. The van der Waals surface area contributed by atoms with Crippen LogP contribution in [0.15, 0.2) is 145 Å². The highest BCUT2D eigenvalue weighted by Gasteiger charge is 2.13. The van der Waals surface area contributed by atoms with Gasteiger partial charge in [0.25, 0.3) is 0 Å². The molecule has 0 radical (unpaired) electrons. The quantitative estimate of drug-likeness (QED) is 0.206. The summed E-state index contributed by atoms with van der Waals surface area (Å²) in [5.74, 6) is 0. The van der Waals surface area contributed by atoms with Crippen LogP contribution in [0.5, 0.6) is 0 Å². The molecule has 1 atom stereocenters. The molecule has 43 heavy (non-hydrogen) atoms. The molecule has 0 fully saturated rings. The summed E-state index contributed by atoms with van der Waals surface area (Å²) >= 11 is 0. The highest BCUT2D eigenvalue weighted by atomic mass is 14.8. The summed E-state index contributed by atoms with van der Waals surface area (Å²) in [6.07, 6.45) is 16.4. The Bertz CT molecular complexity index is 1890. The monoisotopic (exact) mass is 554 g/mol. The molecule has 7 rings (SSSR count). The van der Waals surface area contributed by atoms with Crippen LogP contribution in [-0.4, -0.2) is 27.2 Å².